The van der Waals surface area contributed by atoms with Crippen molar-refractivity contribution < 1.29 is 4.74 Å². The number of hydrogen-bond acceptors (Lipinski definition) is 2. The molecule has 1 unspecified atom stereocenters. The molecule has 0 radical (unpaired) electrons. The molecule has 0 bridgehead atoms. The zero-order valence-electron chi connectivity index (χ0n) is 11.8. The van der Waals surface area contributed by atoms with Gasteiger partial charge in [-0.1, -0.05) is 32.9 Å². The van der Waals surface area contributed by atoms with Crippen LogP contribution in [0.1, 0.15) is 45.6 Å². The minimum absolute atomic E-state index is 0.255. The quantitative estimate of drug-likeness (QED) is 0.859. The van der Waals surface area contributed by atoms with Crippen molar-refractivity contribution in [3.05, 3.63) is 29.8 Å². The third-order valence-electron chi connectivity index (χ3n) is 4.13. The van der Waals surface area contributed by atoms with Crippen molar-refractivity contribution >= 4 is 0 Å². The summed E-state index contributed by atoms with van der Waals surface area (Å²) in [5.74, 6) is 0.986. The first kappa shape index (κ1) is 13.4. The van der Waals surface area contributed by atoms with Gasteiger partial charge in [0, 0.05) is 6.04 Å². The van der Waals surface area contributed by atoms with Gasteiger partial charge in [0.15, 0.2) is 0 Å². The Bertz CT molecular complexity index is 363. The number of nitrogens with one attached hydrogen (secondary N) is 1. The number of ether oxygens (including phenoxy) is 1. The van der Waals surface area contributed by atoms with E-state index in [1.165, 1.54) is 18.4 Å². The van der Waals surface area contributed by atoms with Crippen molar-refractivity contribution in [3.63, 3.8) is 0 Å². The van der Waals surface area contributed by atoms with Gasteiger partial charge in [-0.05, 0) is 48.9 Å². The van der Waals surface area contributed by atoms with E-state index in [2.05, 4.69) is 50.4 Å². The van der Waals surface area contributed by atoms with Crippen LogP contribution in [0.4, 0.5) is 0 Å². The van der Waals surface area contributed by atoms with E-state index in [1.54, 1.807) is 0 Å². The first-order valence-electron chi connectivity index (χ1n) is 7.08. The molecule has 1 fully saturated rings. The van der Waals surface area contributed by atoms with Crippen LogP contribution in [-0.2, 0) is 5.41 Å². The predicted octanol–water partition coefficient (Wildman–Crippen LogP) is 3.51. The van der Waals surface area contributed by atoms with E-state index in [9.17, 15) is 0 Å². The Labute approximate surface area is 111 Å². The summed E-state index contributed by atoms with van der Waals surface area (Å²) in [5, 5.41) is 3.45. The SMILES string of the molecule is CCC(C)(C)c1ccc(OCC2CCCN2)cc1. The number of hydrogen-bond donors (Lipinski definition) is 1. The van der Waals surface area contributed by atoms with Gasteiger partial charge in [-0.25, -0.2) is 0 Å². The lowest BCUT2D eigenvalue weighted by molar-refractivity contribution is 0.277. The number of benzene rings is 1. The molecule has 0 amide bonds. The highest BCUT2D eigenvalue weighted by Crippen LogP contribution is 2.28. The summed E-state index contributed by atoms with van der Waals surface area (Å²) in [4.78, 5) is 0. The highest BCUT2D eigenvalue weighted by atomic mass is 16.5. The van der Waals surface area contributed by atoms with Crippen LogP contribution in [0.3, 0.4) is 0 Å². The van der Waals surface area contributed by atoms with E-state index < -0.39 is 0 Å². The fourth-order valence-electron chi connectivity index (χ4n) is 2.30. The van der Waals surface area contributed by atoms with Gasteiger partial charge in [-0.3, -0.25) is 0 Å². The van der Waals surface area contributed by atoms with Crippen molar-refractivity contribution in [2.75, 3.05) is 13.2 Å². The molecule has 1 saturated heterocycles. The minimum Gasteiger partial charge on any atom is -0.492 e. The molecular formula is C16H25NO. The molecule has 1 heterocycles. The highest BCUT2D eigenvalue weighted by molar-refractivity contribution is 5.31. The second-order valence-corrected chi connectivity index (χ2v) is 5.87. The number of rotatable bonds is 5. The molecule has 1 atom stereocenters. The third-order valence-corrected chi connectivity index (χ3v) is 4.13. The Morgan fingerprint density at radius 1 is 1.28 bits per heavy atom. The van der Waals surface area contributed by atoms with Crippen LogP contribution in [0.2, 0.25) is 0 Å². The molecule has 0 aliphatic carbocycles. The lowest BCUT2D eigenvalue weighted by Crippen LogP contribution is -2.28. The van der Waals surface area contributed by atoms with Crippen LogP contribution >= 0.6 is 0 Å². The van der Waals surface area contributed by atoms with Crippen molar-refractivity contribution in [2.24, 2.45) is 0 Å². The van der Waals surface area contributed by atoms with E-state index in [4.69, 9.17) is 4.74 Å². The molecule has 2 nitrogen and oxygen atoms in total. The molecule has 1 aliphatic heterocycles. The Kier molecular flexibility index (Phi) is 4.28. The highest BCUT2D eigenvalue weighted by Gasteiger charge is 2.18. The van der Waals surface area contributed by atoms with Gasteiger partial charge in [-0.2, -0.15) is 0 Å². The first-order chi connectivity index (χ1) is 8.62. The summed E-state index contributed by atoms with van der Waals surface area (Å²) in [6.07, 6.45) is 3.66. The lowest BCUT2D eigenvalue weighted by atomic mass is 9.82. The predicted molar refractivity (Wildman–Crippen MR) is 76.3 cm³/mol. The summed E-state index contributed by atoms with van der Waals surface area (Å²) in [6, 6.07) is 9.13. The first-order valence-corrected chi connectivity index (χ1v) is 7.08. The van der Waals surface area contributed by atoms with Gasteiger partial charge in [0.25, 0.3) is 0 Å². The molecule has 100 valence electrons. The van der Waals surface area contributed by atoms with Crippen molar-refractivity contribution in [1.82, 2.24) is 5.32 Å². The maximum absolute atomic E-state index is 5.83. The molecule has 1 aliphatic rings. The van der Waals surface area contributed by atoms with E-state index in [-0.39, 0.29) is 5.41 Å². The Balaban J connectivity index is 1.91. The second kappa shape index (κ2) is 5.75. The molecule has 0 aromatic heterocycles. The Morgan fingerprint density at radius 3 is 2.56 bits per heavy atom. The summed E-state index contributed by atoms with van der Waals surface area (Å²) in [6.45, 7) is 8.72. The summed E-state index contributed by atoms with van der Waals surface area (Å²) < 4.78 is 5.83. The van der Waals surface area contributed by atoms with Gasteiger partial charge >= 0.3 is 0 Å². The van der Waals surface area contributed by atoms with Gasteiger partial charge in [0.1, 0.15) is 12.4 Å². The molecule has 0 spiro atoms. The zero-order chi connectivity index (χ0) is 13.0. The van der Waals surface area contributed by atoms with Crippen LogP contribution in [-0.4, -0.2) is 19.2 Å². The fourth-order valence-corrected chi connectivity index (χ4v) is 2.30. The molecular weight excluding hydrogens is 222 g/mol. The Hall–Kier alpha value is -1.02. The van der Waals surface area contributed by atoms with Crippen molar-refractivity contribution in [2.45, 2.75) is 51.5 Å². The van der Waals surface area contributed by atoms with Crippen LogP contribution < -0.4 is 10.1 Å². The van der Waals surface area contributed by atoms with Crippen molar-refractivity contribution in [3.8, 4) is 5.75 Å². The average molecular weight is 247 g/mol. The fraction of sp³-hybridized carbons (Fsp3) is 0.625. The smallest absolute Gasteiger partial charge is 0.119 e. The van der Waals surface area contributed by atoms with Crippen molar-refractivity contribution in [1.29, 1.82) is 0 Å². The molecule has 1 N–H and O–H groups in total. The Morgan fingerprint density at radius 2 is 2.00 bits per heavy atom. The van der Waals surface area contributed by atoms with Gasteiger partial charge in [-0.15, -0.1) is 0 Å². The van der Waals surface area contributed by atoms with Crippen LogP contribution in [0.5, 0.6) is 5.75 Å². The van der Waals surface area contributed by atoms with Gasteiger partial charge < -0.3 is 10.1 Å². The average Bonchev–Trinajstić information content (AvgIpc) is 2.90. The molecule has 0 saturated carbocycles. The zero-order valence-corrected chi connectivity index (χ0v) is 11.8. The lowest BCUT2D eigenvalue weighted by Gasteiger charge is -2.23. The van der Waals surface area contributed by atoms with Crippen LogP contribution in [0.15, 0.2) is 24.3 Å². The summed E-state index contributed by atoms with van der Waals surface area (Å²) >= 11 is 0. The standard InChI is InChI=1S/C16H25NO/c1-4-16(2,3)13-7-9-15(10-8-13)18-12-14-6-5-11-17-14/h7-10,14,17H,4-6,11-12H2,1-3H3. The van der Waals surface area contributed by atoms with E-state index in [1.807, 2.05) is 0 Å². The van der Waals surface area contributed by atoms with E-state index in [0.29, 0.717) is 6.04 Å². The summed E-state index contributed by atoms with van der Waals surface area (Å²) in [5.41, 5.74) is 1.64. The van der Waals surface area contributed by atoms with Crippen LogP contribution in [0.25, 0.3) is 0 Å². The normalized spacial score (nSPS) is 20.1. The topological polar surface area (TPSA) is 21.3 Å². The molecule has 2 rings (SSSR count). The van der Waals surface area contributed by atoms with Crippen LogP contribution in [0, 0.1) is 0 Å². The molecule has 2 heteroatoms. The second-order valence-electron chi connectivity index (χ2n) is 5.87. The largest absolute Gasteiger partial charge is 0.492 e. The monoisotopic (exact) mass is 247 g/mol. The molecule has 18 heavy (non-hydrogen) atoms. The van der Waals surface area contributed by atoms with Gasteiger partial charge in [0.05, 0.1) is 0 Å². The minimum atomic E-state index is 0.255. The van der Waals surface area contributed by atoms with E-state index in [0.717, 1.165) is 25.3 Å². The van der Waals surface area contributed by atoms with Gasteiger partial charge in [0.2, 0.25) is 0 Å². The maximum Gasteiger partial charge on any atom is 0.119 e. The maximum atomic E-state index is 5.83. The third kappa shape index (κ3) is 3.26. The summed E-state index contributed by atoms with van der Waals surface area (Å²) in [7, 11) is 0. The van der Waals surface area contributed by atoms with E-state index >= 15 is 0 Å². The molecule has 1 aromatic rings. The molecule has 1 aromatic carbocycles.